The summed E-state index contributed by atoms with van der Waals surface area (Å²) in [6, 6.07) is 21.6. The van der Waals surface area contributed by atoms with Gasteiger partial charge in [-0.2, -0.15) is 11.3 Å². The number of rotatable bonds is 2. The highest BCUT2D eigenvalue weighted by Crippen LogP contribution is 2.30. The van der Waals surface area contributed by atoms with Crippen LogP contribution in [0.2, 0.25) is 0 Å². The van der Waals surface area contributed by atoms with E-state index in [1.807, 2.05) is 0 Å². The van der Waals surface area contributed by atoms with E-state index in [0.717, 1.165) is 0 Å². The zero-order valence-corrected chi connectivity index (χ0v) is 12.3. The molecule has 0 N–H and O–H groups in total. The third-order valence-electron chi connectivity index (χ3n) is 3.80. The molecule has 21 heavy (non-hydrogen) atoms. The summed E-state index contributed by atoms with van der Waals surface area (Å²) >= 11 is 1.73. The number of thiophene rings is 1. The van der Waals surface area contributed by atoms with E-state index in [-0.39, 0.29) is 0 Å². The van der Waals surface area contributed by atoms with Crippen molar-refractivity contribution in [3.63, 3.8) is 0 Å². The Hall–Kier alpha value is -2.38. The highest BCUT2D eigenvalue weighted by molar-refractivity contribution is 7.08. The molecule has 1 heteroatoms. The second-order valence-electron chi connectivity index (χ2n) is 5.12. The van der Waals surface area contributed by atoms with Gasteiger partial charge < -0.3 is 0 Å². The van der Waals surface area contributed by atoms with Crippen LogP contribution in [0.4, 0.5) is 0 Å². The molecule has 0 aliphatic carbocycles. The average molecular weight is 286 g/mol. The quantitative estimate of drug-likeness (QED) is 0.383. The number of benzene rings is 3. The predicted molar refractivity (Wildman–Crippen MR) is 94.7 cm³/mol. The molecule has 0 aliphatic rings. The molecule has 3 aromatic carbocycles. The Bertz CT molecular complexity index is 877. The molecular weight excluding hydrogens is 272 g/mol. The normalized spacial score (nSPS) is 11.6. The first-order valence-electron chi connectivity index (χ1n) is 7.02. The fourth-order valence-corrected chi connectivity index (χ4v) is 3.41. The summed E-state index contributed by atoms with van der Waals surface area (Å²) in [5, 5.41) is 9.48. The minimum atomic E-state index is 1.26. The number of hydrogen-bond acceptors (Lipinski definition) is 1. The largest absolute Gasteiger partial charge is 0.152 e. The standard InChI is InChI=1S/C20H14S/c1-3-7-18-16(5-1)13-17-6-2-4-8-19(17)20(18)10-9-15-11-12-21-14-15/h1-14H. The van der Waals surface area contributed by atoms with Gasteiger partial charge >= 0.3 is 0 Å². The lowest BCUT2D eigenvalue weighted by Crippen LogP contribution is -1.83. The van der Waals surface area contributed by atoms with Crippen molar-refractivity contribution < 1.29 is 0 Å². The molecule has 100 valence electrons. The zero-order valence-electron chi connectivity index (χ0n) is 11.5. The van der Waals surface area contributed by atoms with Gasteiger partial charge in [0, 0.05) is 0 Å². The number of fused-ring (bicyclic) bond motifs is 2. The second kappa shape index (κ2) is 5.19. The predicted octanol–water partition coefficient (Wildman–Crippen LogP) is 6.22. The third-order valence-corrected chi connectivity index (χ3v) is 4.50. The van der Waals surface area contributed by atoms with Crippen molar-refractivity contribution in [3.8, 4) is 0 Å². The van der Waals surface area contributed by atoms with Crippen LogP contribution >= 0.6 is 11.3 Å². The van der Waals surface area contributed by atoms with E-state index in [2.05, 4.69) is 83.6 Å². The maximum absolute atomic E-state index is 2.27. The van der Waals surface area contributed by atoms with E-state index in [0.29, 0.717) is 0 Å². The lowest BCUT2D eigenvalue weighted by molar-refractivity contribution is 1.74. The highest BCUT2D eigenvalue weighted by atomic mass is 32.1. The van der Waals surface area contributed by atoms with Gasteiger partial charge in [0.15, 0.2) is 0 Å². The van der Waals surface area contributed by atoms with Crippen LogP contribution in [0.1, 0.15) is 11.1 Å². The lowest BCUT2D eigenvalue weighted by Gasteiger charge is -2.08. The molecule has 0 fully saturated rings. The van der Waals surface area contributed by atoms with Gasteiger partial charge in [0.25, 0.3) is 0 Å². The maximum atomic E-state index is 2.27. The van der Waals surface area contributed by atoms with Crippen LogP contribution in [0.25, 0.3) is 33.7 Å². The Kier molecular flexibility index (Phi) is 3.06. The van der Waals surface area contributed by atoms with E-state index in [1.54, 1.807) is 11.3 Å². The van der Waals surface area contributed by atoms with Crippen molar-refractivity contribution in [1.29, 1.82) is 0 Å². The molecule has 0 unspecified atom stereocenters. The van der Waals surface area contributed by atoms with Crippen LogP contribution in [-0.4, -0.2) is 0 Å². The van der Waals surface area contributed by atoms with E-state index in [4.69, 9.17) is 0 Å². The van der Waals surface area contributed by atoms with Gasteiger partial charge in [-0.05, 0) is 55.6 Å². The van der Waals surface area contributed by atoms with Crippen molar-refractivity contribution in [2.24, 2.45) is 0 Å². The summed E-state index contributed by atoms with van der Waals surface area (Å²) in [7, 11) is 0. The molecule has 4 aromatic rings. The van der Waals surface area contributed by atoms with Gasteiger partial charge in [0.2, 0.25) is 0 Å². The Morgan fingerprint density at radius 3 is 2.00 bits per heavy atom. The molecule has 0 spiro atoms. The van der Waals surface area contributed by atoms with Gasteiger partial charge in [-0.3, -0.25) is 0 Å². The Morgan fingerprint density at radius 2 is 1.38 bits per heavy atom. The van der Waals surface area contributed by atoms with Crippen LogP contribution in [0.5, 0.6) is 0 Å². The molecule has 1 heterocycles. The molecule has 4 rings (SSSR count). The van der Waals surface area contributed by atoms with E-state index in [9.17, 15) is 0 Å². The Balaban J connectivity index is 2.02. The molecule has 0 radical (unpaired) electrons. The first-order valence-corrected chi connectivity index (χ1v) is 7.97. The summed E-state index contributed by atoms with van der Waals surface area (Å²) in [4.78, 5) is 0. The van der Waals surface area contributed by atoms with Crippen LogP contribution in [0, 0.1) is 0 Å². The minimum absolute atomic E-state index is 1.26. The number of hydrogen-bond donors (Lipinski definition) is 0. The minimum Gasteiger partial charge on any atom is -0.152 e. The fourth-order valence-electron chi connectivity index (χ4n) is 2.78. The molecule has 0 aliphatic heterocycles. The average Bonchev–Trinajstić information content (AvgIpc) is 3.05. The van der Waals surface area contributed by atoms with Crippen molar-refractivity contribution >= 4 is 45.0 Å². The molecule has 0 nitrogen and oxygen atoms in total. The van der Waals surface area contributed by atoms with Crippen molar-refractivity contribution in [3.05, 3.63) is 82.6 Å². The van der Waals surface area contributed by atoms with Gasteiger partial charge in [-0.25, -0.2) is 0 Å². The molecule has 0 saturated heterocycles. The van der Waals surface area contributed by atoms with Gasteiger partial charge in [0.1, 0.15) is 0 Å². The lowest BCUT2D eigenvalue weighted by atomic mass is 9.96. The van der Waals surface area contributed by atoms with E-state index >= 15 is 0 Å². The van der Waals surface area contributed by atoms with Crippen molar-refractivity contribution in [2.75, 3.05) is 0 Å². The molecular formula is C20H14S. The monoisotopic (exact) mass is 286 g/mol. The molecule has 0 bridgehead atoms. The topological polar surface area (TPSA) is 0 Å². The molecule has 0 atom stereocenters. The summed E-state index contributed by atoms with van der Waals surface area (Å²) < 4.78 is 0. The van der Waals surface area contributed by atoms with Crippen molar-refractivity contribution in [2.45, 2.75) is 0 Å². The van der Waals surface area contributed by atoms with E-state index in [1.165, 1.54) is 32.7 Å². The van der Waals surface area contributed by atoms with E-state index < -0.39 is 0 Å². The first kappa shape index (κ1) is 12.4. The van der Waals surface area contributed by atoms with Gasteiger partial charge in [-0.1, -0.05) is 60.7 Å². The SMILES string of the molecule is C(=Cc1c2ccccc2cc2ccccc12)c1ccsc1. The second-order valence-corrected chi connectivity index (χ2v) is 5.90. The third kappa shape index (κ3) is 2.26. The molecule has 0 amide bonds. The summed E-state index contributed by atoms with van der Waals surface area (Å²) in [6.45, 7) is 0. The van der Waals surface area contributed by atoms with Crippen LogP contribution in [-0.2, 0) is 0 Å². The first-order chi connectivity index (χ1) is 10.4. The van der Waals surface area contributed by atoms with Crippen LogP contribution in [0.3, 0.4) is 0 Å². The Labute approximate surface area is 128 Å². The maximum Gasteiger partial charge on any atom is -0.00208 e. The Morgan fingerprint density at radius 1 is 0.714 bits per heavy atom. The zero-order chi connectivity index (χ0) is 14.1. The summed E-state index contributed by atoms with van der Waals surface area (Å²) in [5.41, 5.74) is 2.56. The fraction of sp³-hybridized carbons (Fsp3) is 0. The van der Waals surface area contributed by atoms with Gasteiger partial charge in [-0.15, -0.1) is 0 Å². The molecule has 0 saturated carbocycles. The van der Waals surface area contributed by atoms with Crippen LogP contribution in [0.15, 0.2) is 71.4 Å². The summed E-state index contributed by atoms with van der Waals surface area (Å²) in [6.07, 6.45) is 4.44. The molecule has 1 aromatic heterocycles. The van der Waals surface area contributed by atoms with Crippen LogP contribution < -0.4 is 0 Å². The summed E-state index contributed by atoms with van der Waals surface area (Å²) in [5.74, 6) is 0. The van der Waals surface area contributed by atoms with Gasteiger partial charge in [0.05, 0.1) is 0 Å². The highest BCUT2D eigenvalue weighted by Gasteiger charge is 2.04. The van der Waals surface area contributed by atoms with Crippen molar-refractivity contribution in [1.82, 2.24) is 0 Å². The smallest absolute Gasteiger partial charge is 0.00208 e.